The maximum Gasteiger partial charge on any atom is 0.233 e. The molecule has 0 radical (unpaired) electrons. The van der Waals surface area contributed by atoms with Crippen LogP contribution in [0, 0.1) is 0 Å². The van der Waals surface area contributed by atoms with E-state index in [9.17, 15) is 15.0 Å². The number of carbonyl (C=O) groups is 1. The number of nitrogens with zero attached hydrogens (tertiary/aromatic N) is 1. The van der Waals surface area contributed by atoms with Gasteiger partial charge < -0.3 is 15.3 Å². The zero-order valence-corrected chi connectivity index (χ0v) is 7.34. The van der Waals surface area contributed by atoms with Crippen LogP contribution in [0.25, 0.3) is 0 Å². The average Bonchev–Trinajstić information content (AvgIpc) is 2.09. The molecular weight excluding hydrogens is 176 g/mol. The van der Waals surface area contributed by atoms with E-state index in [0.29, 0.717) is 0 Å². The predicted molar refractivity (Wildman–Crippen MR) is 43.4 cm³/mol. The molecule has 4 N–H and O–H groups in total. The largest absolute Gasteiger partial charge is 0.395 e. The minimum absolute atomic E-state index is 0.0347. The first kappa shape index (κ1) is 10.4. The molecule has 0 bridgehead atoms. The molecule has 1 fully saturated rings. The number of aliphatic hydroxyl groups is 3. The zero-order valence-electron chi connectivity index (χ0n) is 7.34. The monoisotopic (exact) mass is 190 g/mol. The van der Waals surface area contributed by atoms with Crippen molar-refractivity contribution >= 4 is 5.91 Å². The smallest absolute Gasteiger partial charge is 0.233 e. The summed E-state index contributed by atoms with van der Waals surface area (Å²) in [6, 6.07) is -0.687. The van der Waals surface area contributed by atoms with Gasteiger partial charge in [0.05, 0.1) is 19.2 Å². The van der Waals surface area contributed by atoms with E-state index in [-0.39, 0.29) is 19.1 Å². The molecule has 6 heteroatoms. The second-order valence-corrected chi connectivity index (χ2v) is 3.11. The molecule has 1 rings (SSSR count). The molecule has 1 aliphatic heterocycles. The van der Waals surface area contributed by atoms with Gasteiger partial charge in [0.15, 0.2) is 0 Å². The van der Waals surface area contributed by atoms with Crippen LogP contribution in [0.3, 0.4) is 0 Å². The molecule has 0 saturated carbocycles. The van der Waals surface area contributed by atoms with Crippen molar-refractivity contribution in [2.75, 3.05) is 13.2 Å². The third kappa shape index (κ3) is 2.16. The second-order valence-electron chi connectivity index (χ2n) is 3.11. The highest BCUT2D eigenvalue weighted by molar-refractivity contribution is 5.72. The van der Waals surface area contributed by atoms with E-state index in [1.54, 1.807) is 0 Å². The molecule has 0 aromatic rings. The van der Waals surface area contributed by atoms with Gasteiger partial charge in [0.1, 0.15) is 12.2 Å². The van der Waals surface area contributed by atoms with Crippen molar-refractivity contribution in [1.29, 1.82) is 0 Å². The summed E-state index contributed by atoms with van der Waals surface area (Å²) in [6.07, 6.45) is -2.05. The van der Waals surface area contributed by atoms with E-state index >= 15 is 0 Å². The molecule has 0 unspecified atom stereocenters. The molecule has 1 aliphatic rings. The maximum atomic E-state index is 10.9. The van der Waals surface area contributed by atoms with Crippen LogP contribution in [0.2, 0.25) is 0 Å². The highest BCUT2D eigenvalue weighted by Gasteiger charge is 2.34. The lowest BCUT2D eigenvalue weighted by Crippen LogP contribution is -2.64. The molecule has 13 heavy (non-hydrogen) atoms. The van der Waals surface area contributed by atoms with Crippen molar-refractivity contribution < 1.29 is 20.1 Å². The summed E-state index contributed by atoms with van der Waals surface area (Å²) >= 11 is 0. The van der Waals surface area contributed by atoms with Gasteiger partial charge in [-0.05, 0) is 0 Å². The Bertz CT molecular complexity index is 199. The topological polar surface area (TPSA) is 93.0 Å². The number of hydrazine groups is 1. The predicted octanol–water partition coefficient (Wildman–Crippen LogP) is -2.56. The van der Waals surface area contributed by atoms with E-state index in [4.69, 9.17) is 5.11 Å². The standard InChI is InChI=1S/C7H14N2O4/c1-4(11)9-2-6(12)7(13)5(3-10)8-9/h5-8,10,12-13H,2-3H2,1H3/t5-,6-,7-/m1/s1. The third-order valence-electron chi connectivity index (χ3n) is 2.07. The fraction of sp³-hybridized carbons (Fsp3) is 0.857. The number of carbonyl (C=O) groups excluding carboxylic acids is 1. The van der Waals surface area contributed by atoms with Crippen LogP contribution < -0.4 is 5.43 Å². The molecule has 1 amide bonds. The Morgan fingerprint density at radius 2 is 2.23 bits per heavy atom. The second kappa shape index (κ2) is 4.01. The van der Waals surface area contributed by atoms with Gasteiger partial charge in [-0.2, -0.15) is 0 Å². The number of hydrogen-bond acceptors (Lipinski definition) is 5. The van der Waals surface area contributed by atoms with E-state index < -0.39 is 18.2 Å². The Morgan fingerprint density at radius 1 is 1.62 bits per heavy atom. The summed E-state index contributed by atoms with van der Waals surface area (Å²) in [5, 5.41) is 28.6. The Hall–Kier alpha value is -0.690. The summed E-state index contributed by atoms with van der Waals surface area (Å²) in [6.45, 7) is 1.04. The van der Waals surface area contributed by atoms with Crippen molar-refractivity contribution in [3.63, 3.8) is 0 Å². The van der Waals surface area contributed by atoms with Crippen LogP contribution in [0.15, 0.2) is 0 Å². The number of hydrogen-bond donors (Lipinski definition) is 4. The van der Waals surface area contributed by atoms with Crippen molar-refractivity contribution in [3.8, 4) is 0 Å². The summed E-state index contributed by atoms with van der Waals surface area (Å²) < 4.78 is 0. The minimum atomic E-state index is -1.04. The zero-order chi connectivity index (χ0) is 10.0. The van der Waals surface area contributed by atoms with E-state index in [2.05, 4.69) is 5.43 Å². The Balaban J connectivity index is 2.63. The van der Waals surface area contributed by atoms with Crippen LogP contribution in [-0.4, -0.2) is 57.6 Å². The molecular formula is C7H14N2O4. The first-order valence-corrected chi connectivity index (χ1v) is 4.07. The first-order chi connectivity index (χ1) is 6.06. The summed E-state index contributed by atoms with van der Waals surface area (Å²) in [5.41, 5.74) is 2.61. The van der Waals surface area contributed by atoms with Crippen LogP contribution in [0.4, 0.5) is 0 Å². The van der Waals surface area contributed by atoms with E-state index in [0.717, 1.165) is 0 Å². The summed E-state index contributed by atoms with van der Waals surface area (Å²) in [7, 11) is 0. The van der Waals surface area contributed by atoms with Gasteiger partial charge in [-0.15, -0.1) is 0 Å². The third-order valence-corrected chi connectivity index (χ3v) is 2.07. The first-order valence-electron chi connectivity index (χ1n) is 4.07. The van der Waals surface area contributed by atoms with Crippen LogP contribution in [-0.2, 0) is 4.79 Å². The number of β-amino-alcohol motifs (C(OH)–C–C–N with tert-alkyl or cyclic N) is 1. The lowest BCUT2D eigenvalue weighted by molar-refractivity contribution is -0.147. The number of amides is 1. The highest BCUT2D eigenvalue weighted by Crippen LogP contribution is 2.08. The van der Waals surface area contributed by atoms with Gasteiger partial charge in [-0.1, -0.05) is 0 Å². The van der Waals surface area contributed by atoms with Gasteiger partial charge in [0, 0.05) is 6.92 Å². The van der Waals surface area contributed by atoms with Crippen molar-refractivity contribution in [1.82, 2.24) is 10.4 Å². The van der Waals surface area contributed by atoms with Crippen molar-refractivity contribution in [3.05, 3.63) is 0 Å². The lowest BCUT2D eigenvalue weighted by atomic mass is 10.0. The minimum Gasteiger partial charge on any atom is -0.395 e. The SMILES string of the molecule is CC(=O)N1C[C@@H](O)[C@H](O)[C@@H](CO)N1. The Morgan fingerprint density at radius 3 is 2.69 bits per heavy atom. The van der Waals surface area contributed by atoms with Gasteiger partial charge in [-0.25, -0.2) is 5.43 Å². The molecule has 76 valence electrons. The normalized spacial score (nSPS) is 34.8. The quantitative estimate of drug-likeness (QED) is 0.365. The lowest BCUT2D eigenvalue weighted by Gasteiger charge is -2.38. The molecule has 0 aromatic carbocycles. The molecule has 3 atom stereocenters. The Kier molecular flexibility index (Phi) is 3.21. The number of nitrogens with one attached hydrogen (secondary N) is 1. The number of aliphatic hydroxyl groups excluding tert-OH is 3. The molecule has 0 aliphatic carbocycles. The van der Waals surface area contributed by atoms with Gasteiger partial charge >= 0.3 is 0 Å². The highest BCUT2D eigenvalue weighted by atomic mass is 16.3. The van der Waals surface area contributed by atoms with Gasteiger partial charge in [0.25, 0.3) is 0 Å². The fourth-order valence-electron chi connectivity index (χ4n) is 1.26. The fourth-order valence-corrected chi connectivity index (χ4v) is 1.26. The van der Waals surface area contributed by atoms with Crippen LogP contribution in [0.1, 0.15) is 6.92 Å². The van der Waals surface area contributed by atoms with Crippen LogP contribution >= 0.6 is 0 Å². The van der Waals surface area contributed by atoms with Gasteiger partial charge in [0.2, 0.25) is 5.91 Å². The van der Waals surface area contributed by atoms with Crippen LogP contribution in [0.5, 0.6) is 0 Å². The molecule has 6 nitrogen and oxygen atoms in total. The molecule has 1 saturated heterocycles. The molecule has 1 heterocycles. The van der Waals surface area contributed by atoms with E-state index in [1.807, 2.05) is 0 Å². The van der Waals surface area contributed by atoms with Crippen molar-refractivity contribution in [2.24, 2.45) is 0 Å². The van der Waals surface area contributed by atoms with E-state index in [1.165, 1.54) is 11.9 Å². The summed E-state index contributed by atoms with van der Waals surface area (Å²) in [5.74, 6) is -0.260. The number of rotatable bonds is 1. The maximum absolute atomic E-state index is 10.9. The molecule has 0 spiro atoms. The average molecular weight is 190 g/mol. The molecule has 0 aromatic heterocycles. The van der Waals surface area contributed by atoms with Crippen molar-refractivity contribution in [2.45, 2.75) is 25.2 Å². The van der Waals surface area contributed by atoms with Gasteiger partial charge in [-0.3, -0.25) is 9.80 Å². The Labute approximate surface area is 75.7 Å². The summed E-state index contributed by atoms with van der Waals surface area (Å²) in [4.78, 5) is 10.9.